The lowest BCUT2D eigenvalue weighted by Gasteiger charge is -2.06. The van der Waals surface area contributed by atoms with Gasteiger partial charge in [0.2, 0.25) is 0 Å². The summed E-state index contributed by atoms with van der Waals surface area (Å²) in [6.45, 7) is -1.21. The highest BCUT2D eigenvalue weighted by atomic mass is 19.3. The summed E-state index contributed by atoms with van der Waals surface area (Å²) >= 11 is 0. The first-order valence-electron chi connectivity index (χ1n) is 3.82. The molecule has 0 saturated heterocycles. The molecule has 13 heavy (non-hydrogen) atoms. The van der Waals surface area contributed by atoms with Crippen LogP contribution in [-0.2, 0) is 0 Å². The molecule has 0 aliphatic heterocycles. The van der Waals surface area contributed by atoms with E-state index < -0.39 is 12.7 Å². The van der Waals surface area contributed by atoms with Gasteiger partial charge in [-0.3, -0.25) is 0 Å². The Morgan fingerprint density at radius 2 is 1.77 bits per heavy atom. The van der Waals surface area contributed by atoms with E-state index in [1.165, 1.54) is 12.1 Å². The molecule has 0 amide bonds. The van der Waals surface area contributed by atoms with E-state index in [1.807, 2.05) is 0 Å². The third-order valence-corrected chi connectivity index (χ3v) is 1.59. The molecule has 1 atom stereocenters. The first-order valence-corrected chi connectivity index (χ1v) is 3.82. The number of ether oxygens (including phenoxy) is 1. The molecule has 1 aromatic carbocycles. The first-order chi connectivity index (χ1) is 6.09. The molecule has 0 heterocycles. The van der Waals surface area contributed by atoms with Crippen molar-refractivity contribution in [2.45, 2.75) is 19.6 Å². The van der Waals surface area contributed by atoms with Gasteiger partial charge in [0.1, 0.15) is 5.75 Å². The summed E-state index contributed by atoms with van der Waals surface area (Å²) in [7, 11) is 0. The van der Waals surface area contributed by atoms with Gasteiger partial charge in [-0.15, -0.1) is 0 Å². The molecule has 2 nitrogen and oxygen atoms in total. The van der Waals surface area contributed by atoms with Crippen LogP contribution in [0.15, 0.2) is 24.3 Å². The molecule has 72 valence electrons. The van der Waals surface area contributed by atoms with Gasteiger partial charge >= 0.3 is 6.61 Å². The Balaban J connectivity index is 2.70. The zero-order valence-corrected chi connectivity index (χ0v) is 7.08. The van der Waals surface area contributed by atoms with E-state index in [1.54, 1.807) is 19.1 Å². The van der Waals surface area contributed by atoms with Crippen LogP contribution in [0.5, 0.6) is 5.75 Å². The average molecular weight is 188 g/mol. The van der Waals surface area contributed by atoms with E-state index >= 15 is 0 Å². The van der Waals surface area contributed by atoms with Gasteiger partial charge in [-0.25, -0.2) is 0 Å². The van der Waals surface area contributed by atoms with E-state index in [9.17, 15) is 8.78 Å². The molecular formula is C9H10F2O2. The second kappa shape index (κ2) is 4.18. The fourth-order valence-electron chi connectivity index (χ4n) is 0.928. The summed E-state index contributed by atoms with van der Waals surface area (Å²) in [6.07, 6.45) is -0.597. The highest BCUT2D eigenvalue weighted by molar-refractivity contribution is 5.28. The second-order valence-corrected chi connectivity index (χ2v) is 2.62. The smallest absolute Gasteiger partial charge is 0.387 e. The lowest BCUT2D eigenvalue weighted by atomic mass is 10.1. The summed E-state index contributed by atoms with van der Waals surface area (Å²) < 4.78 is 27.5. The zero-order chi connectivity index (χ0) is 9.84. The van der Waals surface area contributed by atoms with Gasteiger partial charge in [-0.05, 0) is 24.6 Å². The van der Waals surface area contributed by atoms with Gasteiger partial charge in [0.15, 0.2) is 0 Å². The topological polar surface area (TPSA) is 29.5 Å². The molecular weight excluding hydrogens is 178 g/mol. The summed E-state index contributed by atoms with van der Waals surface area (Å²) in [5, 5.41) is 9.11. The van der Waals surface area contributed by atoms with E-state index in [2.05, 4.69) is 4.74 Å². The standard InChI is InChI=1S/C9H10F2O2/c1-6(12)7-2-4-8(5-3-7)13-9(10)11/h2-6,9,12H,1H3/t6-/m1/s1. The minimum Gasteiger partial charge on any atom is -0.435 e. The van der Waals surface area contributed by atoms with Crippen LogP contribution in [0.4, 0.5) is 8.78 Å². The van der Waals surface area contributed by atoms with Gasteiger partial charge in [-0.2, -0.15) is 8.78 Å². The maximum Gasteiger partial charge on any atom is 0.387 e. The monoisotopic (exact) mass is 188 g/mol. The van der Waals surface area contributed by atoms with Crippen LogP contribution in [0, 0.1) is 0 Å². The SMILES string of the molecule is C[C@@H](O)c1ccc(OC(F)F)cc1. The van der Waals surface area contributed by atoms with Crippen LogP contribution in [0.3, 0.4) is 0 Å². The Morgan fingerprint density at radius 3 is 2.15 bits per heavy atom. The predicted octanol–water partition coefficient (Wildman–Crippen LogP) is 2.34. The fourth-order valence-corrected chi connectivity index (χ4v) is 0.928. The van der Waals surface area contributed by atoms with Crippen molar-refractivity contribution in [2.75, 3.05) is 0 Å². The van der Waals surface area contributed by atoms with Gasteiger partial charge in [0, 0.05) is 0 Å². The van der Waals surface area contributed by atoms with Crippen molar-refractivity contribution in [3.05, 3.63) is 29.8 Å². The van der Waals surface area contributed by atoms with Crippen molar-refractivity contribution in [3.63, 3.8) is 0 Å². The number of alkyl halides is 2. The maximum atomic E-state index is 11.7. The number of hydrogen-bond donors (Lipinski definition) is 1. The Bertz CT molecular complexity index is 257. The second-order valence-electron chi connectivity index (χ2n) is 2.62. The van der Waals surface area contributed by atoms with Crippen molar-refractivity contribution < 1.29 is 18.6 Å². The highest BCUT2D eigenvalue weighted by Crippen LogP contribution is 2.18. The Kier molecular flexibility index (Phi) is 3.19. The molecule has 0 spiro atoms. The molecule has 0 radical (unpaired) electrons. The van der Waals surface area contributed by atoms with Crippen LogP contribution in [0.1, 0.15) is 18.6 Å². The summed E-state index contributed by atoms with van der Waals surface area (Å²) in [5.74, 6) is 0.0967. The molecule has 0 fully saturated rings. The normalized spacial score (nSPS) is 13.0. The van der Waals surface area contributed by atoms with Crippen LogP contribution in [-0.4, -0.2) is 11.7 Å². The predicted molar refractivity (Wildman–Crippen MR) is 43.7 cm³/mol. The molecule has 0 saturated carbocycles. The quantitative estimate of drug-likeness (QED) is 0.788. The van der Waals surface area contributed by atoms with Crippen molar-refractivity contribution in [1.29, 1.82) is 0 Å². The molecule has 0 unspecified atom stereocenters. The Hall–Kier alpha value is -1.16. The number of benzene rings is 1. The zero-order valence-electron chi connectivity index (χ0n) is 7.08. The van der Waals surface area contributed by atoms with Gasteiger partial charge < -0.3 is 9.84 Å². The van der Waals surface area contributed by atoms with Gasteiger partial charge in [0.25, 0.3) is 0 Å². The van der Waals surface area contributed by atoms with Crippen LogP contribution in [0.25, 0.3) is 0 Å². The van der Waals surface area contributed by atoms with Crippen LogP contribution in [0.2, 0.25) is 0 Å². The van der Waals surface area contributed by atoms with Crippen molar-refractivity contribution in [1.82, 2.24) is 0 Å². The number of rotatable bonds is 3. The number of aliphatic hydroxyl groups excluding tert-OH is 1. The highest BCUT2D eigenvalue weighted by Gasteiger charge is 2.04. The van der Waals surface area contributed by atoms with Crippen molar-refractivity contribution >= 4 is 0 Å². The van der Waals surface area contributed by atoms with Gasteiger partial charge in [-0.1, -0.05) is 12.1 Å². The Labute approximate surface area is 74.8 Å². The molecule has 0 aliphatic carbocycles. The van der Waals surface area contributed by atoms with E-state index in [0.717, 1.165) is 0 Å². The van der Waals surface area contributed by atoms with E-state index in [0.29, 0.717) is 5.56 Å². The minimum absolute atomic E-state index is 0.0967. The largest absolute Gasteiger partial charge is 0.435 e. The molecule has 1 aromatic rings. The minimum atomic E-state index is -2.81. The average Bonchev–Trinajstić information content (AvgIpc) is 2.04. The number of hydrogen-bond acceptors (Lipinski definition) is 2. The molecule has 4 heteroatoms. The molecule has 0 aromatic heterocycles. The number of halogens is 2. The third-order valence-electron chi connectivity index (χ3n) is 1.59. The van der Waals surface area contributed by atoms with E-state index in [4.69, 9.17) is 5.11 Å². The Morgan fingerprint density at radius 1 is 1.23 bits per heavy atom. The molecule has 1 rings (SSSR count). The maximum absolute atomic E-state index is 11.7. The molecule has 0 aliphatic rings. The summed E-state index contributed by atoms with van der Waals surface area (Å²) in [4.78, 5) is 0. The van der Waals surface area contributed by atoms with Crippen molar-refractivity contribution in [3.8, 4) is 5.75 Å². The van der Waals surface area contributed by atoms with Gasteiger partial charge in [0.05, 0.1) is 6.10 Å². The van der Waals surface area contributed by atoms with Crippen molar-refractivity contribution in [2.24, 2.45) is 0 Å². The summed E-state index contributed by atoms with van der Waals surface area (Å²) in [6, 6.07) is 5.88. The summed E-state index contributed by atoms with van der Waals surface area (Å²) in [5.41, 5.74) is 0.668. The van der Waals surface area contributed by atoms with Crippen LogP contribution < -0.4 is 4.74 Å². The number of aliphatic hydroxyl groups is 1. The molecule has 0 bridgehead atoms. The van der Waals surface area contributed by atoms with Crippen LogP contribution >= 0.6 is 0 Å². The lowest BCUT2D eigenvalue weighted by molar-refractivity contribution is -0.0498. The third kappa shape index (κ3) is 2.99. The van der Waals surface area contributed by atoms with E-state index in [-0.39, 0.29) is 5.75 Å². The lowest BCUT2D eigenvalue weighted by Crippen LogP contribution is -2.01. The fraction of sp³-hybridized carbons (Fsp3) is 0.333. The molecule has 1 N–H and O–H groups in total. The first kappa shape index (κ1) is 9.92.